The number of piperazine rings is 1. The van der Waals surface area contributed by atoms with Crippen molar-refractivity contribution in [3.8, 4) is 0 Å². The number of nitrogens with zero attached hydrogens (tertiary/aromatic N) is 4. The van der Waals surface area contributed by atoms with Crippen LogP contribution < -0.4 is 15.5 Å². The van der Waals surface area contributed by atoms with Crippen LogP contribution in [-0.4, -0.2) is 79.3 Å². The molecule has 0 atom stereocenters. The third kappa shape index (κ3) is 6.30. The Morgan fingerprint density at radius 3 is 2.50 bits per heavy atom. The molecule has 0 radical (unpaired) electrons. The molecule has 6 nitrogen and oxygen atoms in total. The predicted octanol–water partition coefficient (Wildman–Crippen LogP) is 3.85. The molecule has 2 saturated heterocycles. The molecule has 0 spiro atoms. The minimum Gasteiger partial charge on any atom is -0.362 e. The molecule has 0 saturated carbocycles. The summed E-state index contributed by atoms with van der Waals surface area (Å²) in [6.07, 6.45) is 6.60. The van der Waals surface area contributed by atoms with Crippen LogP contribution in [0.15, 0.2) is 24.3 Å². The molecule has 174 valence electrons. The zero-order valence-electron chi connectivity index (χ0n) is 19.7. The number of hydrogen-bond acceptors (Lipinski definition) is 5. The Kier molecular flexibility index (Phi) is 8.16. The summed E-state index contributed by atoms with van der Waals surface area (Å²) in [5.41, 5.74) is 3.31. The Balaban J connectivity index is 1.29. The predicted molar refractivity (Wildman–Crippen MR) is 140 cm³/mol. The van der Waals surface area contributed by atoms with Gasteiger partial charge in [0.1, 0.15) is 5.82 Å². The van der Waals surface area contributed by atoms with Crippen molar-refractivity contribution in [1.82, 2.24) is 20.1 Å². The molecule has 2 aliphatic heterocycles. The molecular formula is C25H38N6S. The number of pyridine rings is 1. The Morgan fingerprint density at radius 1 is 1.00 bits per heavy atom. The van der Waals surface area contributed by atoms with Crippen LogP contribution in [0.4, 0.5) is 11.5 Å². The van der Waals surface area contributed by atoms with Gasteiger partial charge in [0.05, 0.1) is 5.52 Å². The zero-order chi connectivity index (χ0) is 22.3. The third-order valence-electron chi connectivity index (χ3n) is 6.72. The van der Waals surface area contributed by atoms with Gasteiger partial charge in [-0.15, -0.1) is 0 Å². The molecule has 0 aliphatic carbocycles. The van der Waals surface area contributed by atoms with Crippen molar-refractivity contribution >= 4 is 39.7 Å². The van der Waals surface area contributed by atoms with Crippen LogP contribution in [0.2, 0.25) is 0 Å². The number of thiocarbonyl (C=S) groups is 1. The summed E-state index contributed by atoms with van der Waals surface area (Å²) in [4.78, 5) is 12.3. The molecule has 2 N–H and O–H groups in total. The molecule has 2 aliphatic rings. The molecule has 0 unspecified atom stereocenters. The number of aromatic nitrogens is 1. The highest BCUT2D eigenvalue weighted by atomic mass is 32.1. The van der Waals surface area contributed by atoms with E-state index in [1.807, 2.05) is 0 Å². The number of anilines is 2. The molecule has 2 aromatic rings. The van der Waals surface area contributed by atoms with Crippen molar-refractivity contribution in [2.75, 3.05) is 69.6 Å². The maximum atomic E-state index is 5.54. The smallest absolute Gasteiger partial charge is 0.170 e. The maximum Gasteiger partial charge on any atom is 0.170 e. The summed E-state index contributed by atoms with van der Waals surface area (Å²) in [7, 11) is 2.18. The number of fused-ring (bicyclic) bond motifs is 1. The second kappa shape index (κ2) is 11.3. The number of hydrogen-bond donors (Lipinski definition) is 2. The fraction of sp³-hybridized carbons (Fsp3) is 0.600. The van der Waals surface area contributed by atoms with E-state index >= 15 is 0 Å². The van der Waals surface area contributed by atoms with E-state index in [2.05, 4.69) is 63.6 Å². The number of likely N-dealkylation sites (N-methyl/N-ethyl adjacent to an activating group) is 1. The van der Waals surface area contributed by atoms with Gasteiger partial charge >= 0.3 is 0 Å². The molecule has 0 bridgehead atoms. The molecule has 0 amide bonds. The van der Waals surface area contributed by atoms with Gasteiger partial charge < -0.3 is 25.3 Å². The van der Waals surface area contributed by atoms with E-state index in [-0.39, 0.29) is 0 Å². The highest BCUT2D eigenvalue weighted by Gasteiger charge is 2.16. The van der Waals surface area contributed by atoms with Gasteiger partial charge in [-0.2, -0.15) is 0 Å². The highest BCUT2D eigenvalue weighted by Crippen LogP contribution is 2.26. The largest absolute Gasteiger partial charge is 0.362 e. The zero-order valence-corrected chi connectivity index (χ0v) is 20.5. The first-order chi connectivity index (χ1) is 15.6. The van der Waals surface area contributed by atoms with E-state index in [4.69, 9.17) is 17.2 Å². The summed E-state index contributed by atoms with van der Waals surface area (Å²) < 4.78 is 0. The van der Waals surface area contributed by atoms with Crippen LogP contribution in [-0.2, 0) is 0 Å². The van der Waals surface area contributed by atoms with E-state index < -0.39 is 0 Å². The Morgan fingerprint density at radius 2 is 1.75 bits per heavy atom. The molecule has 3 heterocycles. The number of rotatable bonds is 6. The standard InChI is InChI=1S/C25H38N6S/c1-20-18-24(31-16-14-29(2)15-17-31)28-23-9-8-21(19-22(20)23)27-25(32)26-10-7-13-30-11-5-3-4-6-12-30/h8-9,18-19H,3-7,10-17H2,1-2H3,(H2,26,27,32). The van der Waals surface area contributed by atoms with Crippen molar-refractivity contribution < 1.29 is 0 Å². The summed E-state index contributed by atoms with van der Waals surface area (Å²) in [6.45, 7) is 11.0. The second-order valence-corrected chi connectivity index (χ2v) is 9.72. The number of likely N-dealkylation sites (tertiary alicyclic amines) is 1. The second-order valence-electron chi connectivity index (χ2n) is 9.31. The molecule has 7 heteroatoms. The van der Waals surface area contributed by atoms with Crippen molar-refractivity contribution in [1.29, 1.82) is 0 Å². The Labute approximate surface area is 198 Å². The fourth-order valence-corrected chi connectivity index (χ4v) is 4.91. The molecular weight excluding hydrogens is 416 g/mol. The number of nitrogens with one attached hydrogen (secondary N) is 2. The van der Waals surface area contributed by atoms with Gasteiger partial charge in [-0.05, 0) is 94.9 Å². The van der Waals surface area contributed by atoms with Crippen LogP contribution >= 0.6 is 12.2 Å². The normalized spacial score (nSPS) is 18.5. The monoisotopic (exact) mass is 454 g/mol. The van der Waals surface area contributed by atoms with Crippen LogP contribution in [0.1, 0.15) is 37.7 Å². The minimum absolute atomic E-state index is 0.694. The van der Waals surface area contributed by atoms with Gasteiger partial charge in [-0.25, -0.2) is 4.98 Å². The Bertz CT molecular complexity index is 901. The lowest BCUT2D eigenvalue weighted by Gasteiger charge is -2.33. The first kappa shape index (κ1) is 23.2. The van der Waals surface area contributed by atoms with Gasteiger partial charge in [0.2, 0.25) is 0 Å². The van der Waals surface area contributed by atoms with Crippen LogP contribution in [0.3, 0.4) is 0 Å². The van der Waals surface area contributed by atoms with Gasteiger partial charge in [-0.3, -0.25) is 0 Å². The lowest BCUT2D eigenvalue weighted by atomic mass is 10.1. The van der Waals surface area contributed by atoms with E-state index in [1.54, 1.807) is 0 Å². The molecule has 4 rings (SSSR count). The van der Waals surface area contributed by atoms with Crippen molar-refractivity contribution in [3.05, 3.63) is 29.8 Å². The van der Waals surface area contributed by atoms with Gasteiger partial charge in [0, 0.05) is 43.8 Å². The van der Waals surface area contributed by atoms with Gasteiger partial charge in [-0.1, -0.05) is 12.8 Å². The van der Waals surface area contributed by atoms with E-state index in [1.165, 1.54) is 49.7 Å². The van der Waals surface area contributed by atoms with Crippen molar-refractivity contribution in [3.63, 3.8) is 0 Å². The topological polar surface area (TPSA) is 46.7 Å². The molecule has 32 heavy (non-hydrogen) atoms. The highest BCUT2D eigenvalue weighted by molar-refractivity contribution is 7.80. The van der Waals surface area contributed by atoms with Crippen molar-refractivity contribution in [2.24, 2.45) is 0 Å². The first-order valence-corrected chi connectivity index (χ1v) is 12.6. The third-order valence-corrected chi connectivity index (χ3v) is 6.97. The maximum absolute atomic E-state index is 5.54. The van der Waals surface area contributed by atoms with Crippen LogP contribution in [0, 0.1) is 6.92 Å². The molecule has 1 aromatic heterocycles. The number of aryl methyl sites for hydroxylation is 1. The summed E-state index contributed by atoms with van der Waals surface area (Å²) in [5.74, 6) is 1.09. The first-order valence-electron chi connectivity index (χ1n) is 12.2. The average molecular weight is 455 g/mol. The van der Waals surface area contributed by atoms with Gasteiger partial charge in [0.25, 0.3) is 0 Å². The molecule has 1 aromatic carbocycles. The lowest BCUT2D eigenvalue weighted by Crippen LogP contribution is -2.44. The van der Waals surface area contributed by atoms with E-state index in [9.17, 15) is 0 Å². The van der Waals surface area contributed by atoms with Gasteiger partial charge in [0.15, 0.2) is 5.11 Å². The average Bonchev–Trinajstić information content (AvgIpc) is 3.06. The van der Waals surface area contributed by atoms with Crippen molar-refractivity contribution in [2.45, 2.75) is 39.0 Å². The minimum atomic E-state index is 0.694. The number of benzene rings is 1. The van der Waals surface area contributed by atoms with E-state index in [0.717, 1.165) is 62.7 Å². The lowest BCUT2D eigenvalue weighted by molar-refractivity contribution is 0.282. The summed E-state index contributed by atoms with van der Waals surface area (Å²) >= 11 is 5.54. The summed E-state index contributed by atoms with van der Waals surface area (Å²) in [5, 5.41) is 8.60. The SMILES string of the molecule is Cc1cc(N2CCN(C)CC2)nc2ccc(NC(=S)NCCCN3CCCCCC3)cc12. The molecule has 2 fully saturated rings. The van der Waals surface area contributed by atoms with E-state index in [0.29, 0.717) is 5.11 Å². The fourth-order valence-electron chi connectivity index (χ4n) is 4.69. The Hall–Kier alpha value is -1.96. The van der Waals surface area contributed by atoms with Crippen LogP contribution in [0.5, 0.6) is 0 Å². The van der Waals surface area contributed by atoms with Crippen LogP contribution in [0.25, 0.3) is 10.9 Å². The quantitative estimate of drug-likeness (QED) is 0.508. The summed E-state index contributed by atoms with van der Waals surface area (Å²) in [6, 6.07) is 8.56.